The molecule has 0 fully saturated rings. The molecule has 0 saturated carbocycles. The fraction of sp³-hybridized carbons (Fsp3) is 0.429. The van der Waals surface area contributed by atoms with Crippen LogP contribution in [-0.4, -0.2) is 19.0 Å². The third-order valence-electron chi connectivity index (χ3n) is 3.08. The van der Waals surface area contributed by atoms with Gasteiger partial charge in [-0.1, -0.05) is 6.07 Å². The number of amides is 1. The van der Waals surface area contributed by atoms with Gasteiger partial charge in [-0.2, -0.15) is 5.26 Å². The zero-order chi connectivity index (χ0) is 13.2. The number of hydrogen-bond donors (Lipinski definition) is 2. The van der Waals surface area contributed by atoms with Crippen LogP contribution in [0.25, 0.3) is 0 Å². The summed E-state index contributed by atoms with van der Waals surface area (Å²) < 4.78 is 0. The largest absolute Gasteiger partial charge is 0.384 e. The highest BCUT2D eigenvalue weighted by Crippen LogP contribution is 2.23. The van der Waals surface area contributed by atoms with E-state index < -0.39 is 5.41 Å². The van der Waals surface area contributed by atoms with Crippen molar-refractivity contribution in [2.45, 2.75) is 20.3 Å². The molecule has 1 aromatic carbocycles. The molecule has 1 amide bonds. The first-order valence-corrected chi connectivity index (χ1v) is 6.08. The summed E-state index contributed by atoms with van der Waals surface area (Å²) in [5.74, 6) is -0.130. The molecule has 94 valence electrons. The fourth-order valence-electron chi connectivity index (χ4n) is 1.87. The predicted octanol–water partition coefficient (Wildman–Crippen LogP) is 1.93. The molecule has 0 atom stereocenters. The van der Waals surface area contributed by atoms with Gasteiger partial charge < -0.3 is 10.6 Å². The second-order valence-electron chi connectivity index (χ2n) is 5.23. The number of rotatable bonds is 3. The molecule has 1 aliphatic heterocycles. The molecule has 1 aromatic rings. The lowest BCUT2D eigenvalue weighted by Gasteiger charge is -2.16. The first-order chi connectivity index (χ1) is 8.52. The topological polar surface area (TPSA) is 64.9 Å². The van der Waals surface area contributed by atoms with Crippen LogP contribution in [0.3, 0.4) is 0 Å². The fourth-order valence-corrected chi connectivity index (χ4v) is 1.87. The summed E-state index contributed by atoms with van der Waals surface area (Å²) >= 11 is 0. The minimum Gasteiger partial charge on any atom is -0.384 e. The molecule has 2 N–H and O–H groups in total. The minimum atomic E-state index is -0.537. The maximum absolute atomic E-state index is 12.0. The third-order valence-corrected chi connectivity index (χ3v) is 3.08. The molecule has 4 heteroatoms. The van der Waals surface area contributed by atoms with Gasteiger partial charge in [0.2, 0.25) is 0 Å². The summed E-state index contributed by atoms with van der Waals surface area (Å²) in [6.45, 7) is 4.89. The first-order valence-electron chi connectivity index (χ1n) is 6.08. The smallest absolute Gasteiger partial charge is 0.251 e. The summed E-state index contributed by atoms with van der Waals surface area (Å²) in [5, 5.41) is 14.9. The number of benzene rings is 1. The van der Waals surface area contributed by atoms with Crippen molar-refractivity contribution in [1.29, 1.82) is 5.26 Å². The number of fused-ring (bicyclic) bond motifs is 1. The van der Waals surface area contributed by atoms with Crippen LogP contribution in [-0.2, 0) is 6.42 Å². The highest BCUT2D eigenvalue weighted by atomic mass is 16.1. The number of nitrogens with zero attached hydrogens (tertiary/aromatic N) is 1. The van der Waals surface area contributed by atoms with Gasteiger partial charge >= 0.3 is 0 Å². The van der Waals surface area contributed by atoms with E-state index in [1.165, 1.54) is 5.56 Å². The summed E-state index contributed by atoms with van der Waals surface area (Å²) in [7, 11) is 0. The van der Waals surface area contributed by atoms with E-state index in [4.69, 9.17) is 5.26 Å². The SMILES string of the molecule is CC(C)(C#N)CNC(=O)c1ccc2c(c1)NCC2. The lowest BCUT2D eigenvalue weighted by molar-refractivity contribution is 0.0944. The Morgan fingerprint density at radius 1 is 1.56 bits per heavy atom. The van der Waals surface area contributed by atoms with Crippen LogP contribution >= 0.6 is 0 Å². The molecule has 0 saturated heterocycles. The number of hydrogen-bond acceptors (Lipinski definition) is 3. The van der Waals surface area contributed by atoms with Crippen molar-refractivity contribution in [1.82, 2.24) is 5.32 Å². The van der Waals surface area contributed by atoms with E-state index in [0.29, 0.717) is 12.1 Å². The Kier molecular flexibility index (Phi) is 3.24. The van der Waals surface area contributed by atoms with E-state index in [9.17, 15) is 4.79 Å². The van der Waals surface area contributed by atoms with Gasteiger partial charge in [0.25, 0.3) is 5.91 Å². The zero-order valence-corrected chi connectivity index (χ0v) is 10.7. The van der Waals surface area contributed by atoms with Crippen molar-refractivity contribution in [3.8, 4) is 6.07 Å². The van der Waals surface area contributed by atoms with Crippen LogP contribution in [0.2, 0.25) is 0 Å². The molecule has 4 nitrogen and oxygen atoms in total. The van der Waals surface area contributed by atoms with Gasteiger partial charge in [0, 0.05) is 24.3 Å². The normalized spacial score (nSPS) is 13.4. The van der Waals surface area contributed by atoms with Gasteiger partial charge in [0.05, 0.1) is 11.5 Å². The molecule has 0 spiro atoms. The average Bonchev–Trinajstić information content (AvgIpc) is 2.83. The second-order valence-corrected chi connectivity index (χ2v) is 5.23. The summed E-state index contributed by atoms with van der Waals surface area (Å²) in [6.07, 6.45) is 1.01. The zero-order valence-electron chi connectivity index (χ0n) is 10.7. The van der Waals surface area contributed by atoms with Crippen molar-refractivity contribution >= 4 is 11.6 Å². The summed E-state index contributed by atoms with van der Waals surface area (Å²) in [5.41, 5.74) is 2.40. The van der Waals surface area contributed by atoms with Gasteiger partial charge in [-0.05, 0) is 38.0 Å². The van der Waals surface area contributed by atoms with Crippen LogP contribution in [0.5, 0.6) is 0 Å². The van der Waals surface area contributed by atoms with Crippen molar-refractivity contribution in [3.05, 3.63) is 29.3 Å². The van der Waals surface area contributed by atoms with E-state index in [0.717, 1.165) is 18.7 Å². The Morgan fingerprint density at radius 3 is 3.06 bits per heavy atom. The van der Waals surface area contributed by atoms with Crippen molar-refractivity contribution in [3.63, 3.8) is 0 Å². The monoisotopic (exact) mass is 243 g/mol. The van der Waals surface area contributed by atoms with E-state index in [2.05, 4.69) is 16.7 Å². The first kappa shape index (κ1) is 12.4. The second kappa shape index (κ2) is 4.69. The molecule has 0 aromatic heterocycles. The number of carbonyl (C=O) groups excluding carboxylic acids is 1. The predicted molar refractivity (Wildman–Crippen MR) is 70.4 cm³/mol. The molecule has 1 heterocycles. The lowest BCUT2D eigenvalue weighted by Crippen LogP contribution is -2.33. The average molecular weight is 243 g/mol. The van der Waals surface area contributed by atoms with Crippen LogP contribution in [0.1, 0.15) is 29.8 Å². The maximum Gasteiger partial charge on any atom is 0.251 e. The standard InChI is InChI=1S/C14H17N3O/c1-14(2,8-15)9-17-13(18)11-4-3-10-5-6-16-12(10)7-11/h3-4,7,16H,5-6,9H2,1-2H3,(H,17,18). The molecule has 0 unspecified atom stereocenters. The molecule has 0 aliphatic carbocycles. The molecule has 2 rings (SSSR count). The molecule has 1 aliphatic rings. The van der Waals surface area contributed by atoms with E-state index in [-0.39, 0.29) is 5.91 Å². The third kappa shape index (κ3) is 2.62. The van der Waals surface area contributed by atoms with Crippen molar-refractivity contribution in [2.75, 3.05) is 18.4 Å². The molecule has 0 bridgehead atoms. The Bertz CT molecular complexity index is 514. The summed E-state index contributed by atoms with van der Waals surface area (Å²) in [4.78, 5) is 12.0. The van der Waals surface area contributed by atoms with Gasteiger partial charge in [-0.3, -0.25) is 4.79 Å². The Hall–Kier alpha value is -2.02. The molecule has 18 heavy (non-hydrogen) atoms. The van der Waals surface area contributed by atoms with Crippen LogP contribution in [0, 0.1) is 16.7 Å². The molecular weight excluding hydrogens is 226 g/mol. The Morgan fingerprint density at radius 2 is 2.33 bits per heavy atom. The number of nitriles is 1. The van der Waals surface area contributed by atoms with Crippen LogP contribution in [0.15, 0.2) is 18.2 Å². The van der Waals surface area contributed by atoms with Gasteiger partial charge in [0.1, 0.15) is 0 Å². The quantitative estimate of drug-likeness (QED) is 0.852. The van der Waals surface area contributed by atoms with Gasteiger partial charge in [-0.25, -0.2) is 0 Å². The highest BCUT2D eigenvalue weighted by Gasteiger charge is 2.19. The Balaban J connectivity index is 2.04. The number of anilines is 1. The van der Waals surface area contributed by atoms with Crippen LogP contribution < -0.4 is 10.6 Å². The summed E-state index contributed by atoms with van der Waals surface area (Å²) in [6, 6.07) is 7.85. The lowest BCUT2D eigenvalue weighted by atomic mass is 9.96. The van der Waals surface area contributed by atoms with E-state index in [1.54, 1.807) is 13.8 Å². The van der Waals surface area contributed by atoms with E-state index in [1.807, 2.05) is 18.2 Å². The van der Waals surface area contributed by atoms with Crippen molar-refractivity contribution < 1.29 is 4.79 Å². The minimum absolute atomic E-state index is 0.130. The maximum atomic E-state index is 12.0. The van der Waals surface area contributed by atoms with Gasteiger partial charge in [0.15, 0.2) is 0 Å². The number of carbonyl (C=O) groups is 1. The van der Waals surface area contributed by atoms with Gasteiger partial charge in [-0.15, -0.1) is 0 Å². The van der Waals surface area contributed by atoms with Crippen LogP contribution in [0.4, 0.5) is 5.69 Å². The van der Waals surface area contributed by atoms with Crippen molar-refractivity contribution in [2.24, 2.45) is 5.41 Å². The number of nitrogens with one attached hydrogen (secondary N) is 2. The Labute approximate surface area is 107 Å². The van der Waals surface area contributed by atoms with E-state index >= 15 is 0 Å². The highest BCUT2D eigenvalue weighted by molar-refractivity contribution is 5.95. The molecular formula is C14H17N3O. The molecule has 0 radical (unpaired) electrons.